The molecule has 0 bridgehead atoms. The molecule has 0 saturated carbocycles. The van der Waals surface area contributed by atoms with Crippen LogP contribution in [0.3, 0.4) is 0 Å². The predicted molar refractivity (Wildman–Crippen MR) is 85.8 cm³/mol. The highest BCUT2D eigenvalue weighted by Crippen LogP contribution is 2.19. The Kier molecular flexibility index (Phi) is 6.19. The first kappa shape index (κ1) is 17.1. The molecule has 0 fully saturated rings. The van der Waals surface area contributed by atoms with Crippen molar-refractivity contribution in [2.75, 3.05) is 19.7 Å². The lowest BCUT2D eigenvalue weighted by molar-refractivity contribution is 0.0366. The fourth-order valence-electron chi connectivity index (χ4n) is 1.99. The van der Waals surface area contributed by atoms with Gasteiger partial charge in [0.05, 0.1) is 26.0 Å². The minimum Gasteiger partial charge on any atom is -0.466 e. The molecule has 6 heteroatoms. The van der Waals surface area contributed by atoms with Gasteiger partial charge in [0.1, 0.15) is 11.4 Å². The second-order valence-electron chi connectivity index (χ2n) is 5.40. The smallest absolute Gasteiger partial charge is 0.314 e. The number of aliphatic hydroxyl groups is 1. The van der Waals surface area contributed by atoms with Crippen molar-refractivity contribution in [1.82, 2.24) is 10.6 Å². The van der Waals surface area contributed by atoms with E-state index in [1.54, 1.807) is 19.1 Å². The number of ether oxygens (including phenoxy) is 1. The number of carbonyl (C=O) groups is 1. The third kappa shape index (κ3) is 5.77. The first-order valence-corrected chi connectivity index (χ1v) is 7.48. The molecule has 1 heterocycles. The van der Waals surface area contributed by atoms with E-state index in [1.807, 2.05) is 30.3 Å². The van der Waals surface area contributed by atoms with Gasteiger partial charge in [-0.15, -0.1) is 0 Å². The molecule has 2 aromatic rings. The molecule has 6 nitrogen and oxygen atoms in total. The maximum Gasteiger partial charge on any atom is 0.314 e. The zero-order valence-electron chi connectivity index (χ0n) is 13.1. The van der Waals surface area contributed by atoms with E-state index in [2.05, 4.69) is 10.6 Å². The van der Waals surface area contributed by atoms with Gasteiger partial charge in [0.25, 0.3) is 0 Å². The summed E-state index contributed by atoms with van der Waals surface area (Å²) in [5.41, 5.74) is -0.156. The van der Waals surface area contributed by atoms with Crippen LogP contribution in [-0.2, 0) is 16.9 Å². The summed E-state index contributed by atoms with van der Waals surface area (Å²) >= 11 is 0. The summed E-state index contributed by atoms with van der Waals surface area (Å²) in [6.45, 7) is 2.95. The SMILES string of the molecule is CC(O)(CNC(=O)NCCOCc1ccccc1)c1ccco1. The van der Waals surface area contributed by atoms with Crippen molar-refractivity contribution in [2.45, 2.75) is 19.1 Å². The molecule has 0 aliphatic rings. The number of hydrogen-bond acceptors (Lipinski definition) is 4. The number of amides is 2. The topological polar surface area (TPSA) is 83.7 Å². The van der Waals surface area contributed by atoms with E-state index < -0.39 is 5.60 Å². The highest BCUT2D eigenvalue weighted by atomic mass is 16.5. The van der Waals surface area contributed by atoms with Crippen molar-refractivity contribution >= 4 is 6.03 Å². The molecule has 1 atom stereocenters. The van der Waals surface area contributed by atoms with Gasteiger partial charge in [-0.1, -0.05) is 30.3 Å². The van der Waals surface area contributed by atoms with Crippen LogP contribution in [0.4, 0.5) is 4.79 Å². The molecule has 0 spiro atoms. The number of rotatable bonds is 8. The van der Waals surface area contributed by atoms with Crippen LogP contribution in [0.1, 0.15) is 18.2 Å². The maximum atomic E-state index is 11.7. The Hall–Kier alpha value is -2.31. The van der Waals surface area contributed by atoms with Crippen molar-refractivity contribution in [2.24, 2.45) is 0 Å². The Bertz CT molecular complexity index is 582. The largest absolute Gasteiger partial charge is 0.466 e. The van der Waals surface area contributed by atoms with E-state index in [9.17, 15) is 9.90 Å². The van der Waals surface area contributed by atoms with E-state index in [0.29, 0.717) is 25.5 Å². The molecular weight excluding hydrogens is 296 g/mol. The van der Waals surface area contributed by atoms with Gasteiger partial charge < -0.3 is 24.9 Å². The molecule has 0 aliphatic heterocycles. The van der Waals surface area contributed by atoms with E-state index in [1.165, 1.54) is 6.26 Å². The number of benzene rings is 1. The Labute approximate surface area is 135 Å². The molecule has 1 aromatic carbocycles. The zero-order valence-corrected chi connectivity index (χ0v) is 13.1. The number of urea groups is 1. The maximum absolute atomic E-state index is 11.7. The summed E-state index contributed by atoms with van der Waals surface area (Å²) in [7, 11) is 0. The number of furan rings is 1. The molecule has 1 unspecified atom stereocenters. The lowest BCUT2D eigenvalue weighted by Crippen LogP contribution is -2.44. The summed E-state index contributed by atoms with van der Waals surface area (Å²) in [5, 5.41) is 15.5. The molecule has 23 heavy (non-hydrogen) atoms. The normalized spacial score (nSPS) is 13.3. The predicted octanol–water partition coefficient (Wildman–Crippen LogP) is 2.00. The first-order chi connectivity index (χ1) is 11.1. The molecule has 2 amide bonds. The molecule has 0 saturated heterocycles. The second kappa shape index (κ2) is 8.36. The highest BCUT2D eigenvalue weighted by Gasteiger charge is 2.26. The number of hydrogen-bond donors (Lipinski definition) is 3. The molecule has 124 valence electrons. The van der Waals surface area contributed by atoms with Crippen molar-refractivity contribution in [3.63, 3.8) is 0 Å². The lowest BCUT2D eigenvalue weighted by atomic mass is 10.0. The van der Waals surface area contributed by atoms with Crippen LogP contribution in [0.2, 0.25) is 0 Å². The van der Waals surface area contributed by atoms with Crippen LogP contribution in [0.5, 0.6) is 0 Å². The van der Waals surface area contributed by atoms with Gasteiger partial charge >= 0.3 is 6.03 Å². The first-order valence-electron chi connectivity index (χ1n) is 7.48. The Morgan fingerprint density at radius 2 is 2.00 bits per heavy atom. The van der Waals surface area contributed by atoms with Crippen LogP contribution in [0, 0.1) is 0 Å². The van der Waals surface area contributed by atoms with Crippen LogP contribution < -0.4 is 10.6 Å². The third-order valence-electron chi connectivity index (χ3n) is 3.29. The lowest BCUT2D eigenvalue weighted by Gasteiger charge is -2.21. The second-order valence-corrected chi connectivity index (χ2v) is 5.40. The van der Waals surface area contributed by atoms with E-state index in [0.717, 1.165) is 5.56 Å². The van der Waals surface area contributed by atoms with Crippen LogP contribution >= 0.6 is 0 Å². The Balaban J connectivity index is 1.58. The van der Waals surface area contributed by atoms with Gasteiger partial charge in [0.15, 0.2) is 0 Å². The average molecular weight is 318 g/mol. The molecular formula is C17H22N2O4. The molecule has 1 aromatic heterocycles. The van der Waals surface area contributed by atoms with Gasteiger partial charge in [0.2, 0.25) is 0 Å². The fraction of sp³-hybridized carbons (Fsp3) is 0.353. The summed E-state index contributed by atoms with van der Waals surface area (Å²) in [5.74, 6) is 0.406. The standard InChI is InChI=1S/C17H22N2O4/c1-17(21,15-8-5-10-23-15)13-19-16(20)18-9-11-22-12-14-6-3-2-4-7-14/h2-8,10,21H,9,11-13H2,1H3,(H2,18,19,20). The zero-order chi connectivity index (χ0) is 16.5. The number of carbonyl (C=O) groups excluding carboxylic acids is 1. The van der Waals surface area contributed by atoms with Crippen molar-refractivity contribution in [3.05, 3.63) is 60.1 Å². The molecule has 2 rings (SSSR count). The highest BCUT2D eigenvalue weighted by molar-refractivity contribution is 5.73. The van der Waals surface area contributed by atoms with Crippen LogP contribution in [0.15, 0.2) is 53.1 Å². The monoisotopic (exact) mass is 318 g/mol. The Morgan fingerprint density at radius 1 is 1.22 bits per heavy atom. The minimum atomic E-state index is -1.25. The van der Waals surface area contributed by atoms with E-state index >= 15 is 0 Å². The van der Waals surface area contributed by atoms with Gasteiger partial charge in [0, 0.05) is 6.54 Å². The van der Waals surface area contributed by atoms with Crippen LogP contribution in [-0.4, -0.2) is 30.8 Å². The van der Waals surface area contributed by atoms with Gasteiger partial charge in [-0.2, -0.15) is 0 Å². The quantitative estimate of drug-likeness (QED) is 0.650. The summed E-state index contributed by atoms with van der Waals surface area (Å²) in [4.78, 5) is 11.7. The molecule has 3 N–H and O–H groups in total. The van der Waals surface area contributed by atoms with Crippen molar-refractivity contribution < 1.29 is 19.1 Å². The molecule has 0 radical (unpaired) electrons. The van der Waals surface area contributed by atoms with E-state index in [-0.39, 0.29) is 12.6 Å². The third-order valence-corrected chi connectivity index (χ3v) is 3.29. The average Bonchev–Trinajstić information content (AvgIpc) is 3.09. The van der Waals surface area contributed by atoms with Gasteiger partial charge in [-0.3, -0.25) is 0 Å². The van der Waals surface area contributed by atoms with Crippen molar-refractivity contribution in [3.8, 4) is 0 Å². The molecule has 0 aliphatic carbocycles. The summed E-state index contributed by atoms with van der Waals surface area (Å²) in [6.07, 6.45) is 1.48. The van der Waals surface area contributed by atoms with Crippen LogP contribution in [0.25, 0.3) is 0 Å². The Morgan fingerprint density at radius 3 is 2.70 bits per heavy atom. The van der Waals surface area contributed by atoms with Crippen molar-refractivity contribution in [1.29, 1.82) is 0 Å². The number of nitrogens with one attached hydrogen (secondary N) is 2. The summed E-state index contributed by atoms with van der Waals surface area (Å²) in [6, 6.07) is 12.8. The fourth-order valence-corrected chi connectivity index (χ4v) is 1.99. The minimum absolute atomic E-state index is 0.0528. The van der Waals surface area contributed by atoms with Gasteiger partial charge in [-0.25, -0.2) is 4.79 Å². The van der Waals surface area contributed by atoms with Gasteiger partial charge in [-0.05, 0) is 24.6 Å². The van der Waals surface area contributed by atoms with E-state index in [4.69, 9.17) is 9.15 Å². The summed E-state index contributed by atoms with van der Waals surface area (Å²) < 4.78 is 10.6.